The summed E-state index contributed by atoms with van der Waals surface area (Å²) in [5.74, 6) is 0.246. The maximum Gasteiger partial charge on any atom is 0.0932 e. The van der Waals surface area contributed by atoms with Gasteiger partial charge in [-0.05, 0) is 24.7 Å². The molecule has 0 N–H and O–H groups in total. The molecule has 70 valence electrons. The fourth-order valence-corrected chi connectivity index (χ4v) is 1.85. The lowest BCUT2D eigenvalue weighted by atomic mass is 10.1. The lowest BCUT2D eigenvalue weighted by Gasteiger charge is -2.12. The third kappa shape index (κ3) is 4.60. The third-order valence-corrected chi connectivity index (χ3v) is 3.03. The van der Waals surface area contributed by atoms with E-state index in [0.29, 0.717) is 6.42 Å². The van der Waals surface area contributed by atoms with E-state index in [1.54, 1.807) is 11.8 Å². The van der Waals surface area contributed by atoms with Crippen molar-refractivity contribution in [2.75, 3.05) is 0 Å². The first-order chi connectivity index (χ1) is 6.15. The minimum atomic E-state index is -0.0349. The Bertz CT molecular complexity index is 257. The second kappa shape index (κ2) is 6.57. The molecule has 2 nitrogen and oxygen atoms in total. The highest BCUT2D eigenvalue weighted by Crippen LogP contribution is 2.29. The fourth-order valence-electron chi connectivity index (χ4n) is 0.937. The predicted molar refractivity (Wildman–Crippen MR) is 55.8 cm³/mol. The first kappa shape index (κ1) is 12.1. The summed E-state index contributed by atoms with van der Waals surface area (Å²) in [6.07, 6.45) is 2.51. The fraction of sp³-hybridized carbons (Fsp3) is 0.600. The molecule has 0 aromatic carbocycles. The molecule has 0 aromatic rings. The number of hydrogen-bond acceptors (Lipinski definition) is 3. The van der Waals surface area contributed by atoms with Gasteiger partial charge in [0.1, 0.15) is 0 Å². The summed E-state index contributed by atoms with van der Waals surface area (Å²) in [5.41, 5.74) is 0. The van der Waals surface area contributed by atoms with E-state index in [9.17, 15) is 0 Å². The smallest absolute Gasteiger partial charge is 0.0932 e. The van der Waals surface area contributed by atoms with Crippen LogP contribution in [0.5, 0.6) is 0 Å². The summed E-state index contributed by atoms with van der Waals surface area (Å²) in [6.45, 7) is 5.82. The summed E-state index contributed by atoms with van der Waals surface area (Å²) in [6, 6.07) is 4.30. The van der Waals surface area contributed by atoms with Crippen molar-refractivity contribution in [1.82, 2.24) is 0 Å². The molecule has 0 bridgehead atoms. The topological polar surface area (TPSA) is 47.6 Å². The molecule has 2 atom stereocenters. The Morgan fingerprint density at radius 2 is 2.08 bits per heavy atom. The minimum Gasteiger partial charge on any atom is -0.198 e. The highest BCUT2D eigenvalue weighted by molar-refractivity contribution is 8.03. The predicted octanol–water partition coefficient (Wildman–Crippen LogP) is 3.09. The van der Waals surface area contributed by atoms with E-state index >= 15 is 0 Å². The van der Waals surface area contributed by atoms with Crippen LogP contribution in [0.15, 0.2) is 11.0 Å². The van der Waals surface area contributed by atoms with Gasteiger partial charge in [0.05, 0.1) is 17.4 Å². The van der Waals surface area contributed by atoms with E-state index in [2.05, 4.69) is 12.1 Å². The Morgan fingerprint density at radius 3 is 2.46 bits per heavy atom. The van der Waals surface area contributed by atoms with Crippen LogP contribution < -0.4 is 0 Å². The molecule has 0 rings (SSSR count). The normalized spacial score (nSPS) is 15.6. The lowest BCUT2D eigenvalue weighted by molar-refractivity contribution is 0.738. The summed E-state index contributed by atoms with van der Waals surface area (Å²) >= 11 is 1.54. The van der Waals surface area contributed by atoms with Crippen LogP contribution in [0, 0.1) is 28.6 Å². The molecule has 3 heteroatoms. The monoisotopic (exact) mass is 194 g/mol. The lowest BCUT2D eigenvalue weighted by Crippen LogP contribution is -1.99. The van der Waals surface area contributed by atoms with Gasteiger partial charge in [-0.15, -0.1) is 11.8 Å². The van der Waals surface area contributed by atoms with Gasteiger partial charge in [-0.3, -0.25) is 0 Å². The van der Waals surface area contributed by atoms with Crippen LogP contribution in [-0.2, 0) is 0 Å². The number of nitriles is 2. The Kier molecular flexibility index (Phi) is 6.10. The molecule has 0 aliphatic heterocycles. The molecular formula is C10H14N2S. The summed E-state index contributed by atoms with van der Waals surface area (Å²) in [4.78, 5) is 1.13. The summed E-state index contributed by atoms with van der Waals surface area (Å²) in [7, 11) is 0. The van der Waals surface area contributed by atoms with Crippen molar-refractivity contribution in [3.63, 3.8) is 0 Å². The van der Waals surface area contributed by atoms with Crippen LogP contribution in [0.25, 0.3) is 0 Å². The average molecular weight is 194 g/mol. The van der Waals surface area contributed by atoms with Crippen molar-refractivity contribution in [3.05, 3.63) is 11.0 Å². The van der Waals surface area contributed by atoms with Crippen molar-refractivity contribution < 1.29 is 0 Å². The van der Waals surface area contributed by atoms with E-state index in [4.69, 9.17) is 10.5 Å². The number of hydrogen-bond donors (Lipinski definition) is 0. The van der Waals surface area contributed by atoms with Crippen LogP contribution >= 0.6 is 11.8 Å². The van der Waals surface area contributed by atoms with E-state index in [-0.39, 0.29) is 11.2 Å². The number of nitrogens with zero attached hydrogens (tertiary/aromatic N) is 2. The molecule has 0 heterocycles. The Morgan fingerprint density at radius 1 is 1.46 bits per heavy atom. The Hall–Kier alpha value is -0.930. The molecule has 13 heavy (non-hydrogen) atoms. The van der Waals surface area contributed by atoms with Crippen molar-refractivity contribution in [1.29, 1.82) is 10.5 Å². The number of rotatable bonds is 4. The minimum absolute atomic E-state index is 0.0349. The standard InChI is InChI=1S/C10H14N2S/c1-4-10(8(2)5-6-11)13-9(3)7-12/h4,8-9H,5H2,1-3H3/b10-4-. The van der Waals surface area contributed by atoms with Gasteiger partial charge in [0.15, 0.2) is 0 Å². The van der Waals surface area contributed by atoms with Crippen molar-refractivity contribution in [2.24, 2.45) is 5.92 Å². The first-order valence-electron chi connectivity index (χ1n) is 4.25. The molecule has 0 spiro atoms. The van der Waals surface area contributed by atoms with Gasteiger partial charge < -0.3 is 0 Å². The zero-order valence-corrected chi connectivity index (χ0v) is 9.06. The van der Waals surface area contributed by atoms with Gasteiger partial charge in [-0.1, -0.05) is 13.0 Å². The van der Waals surface area contributed by atoms with E-state index < -0.39 is 0 Å². The average Bonchev–Trinajstić information content (AvgIpc) is 2.14. The molecule has 0 saturated heterocycles. The first-order valence-corrected chi connectivity index (χ1v) is 5.13. The van der Waals surface area contributed by atoms with Gasteiger partial charge in [-0.25, -0.2) is 0 Å². The van der Waals surface area contributed by atoms with Gasteiger partial charge in [0.2, 0.25) is 0 Å². The van der Waals surface area contributed by atoms with Crippen molar-refractivity contribution in [2.45, 2.75) is 32.4 Å². The second-order valence-corrected chi connectivity index (χ2v) is 4.26. The van der Waals surface area contributed by atoms with Crippen LogP contribution in [0.2, 0.25) is 0 Å². The molecular weight excluding hydrogens is 180 g/mol. The highest BCUT2D eigenvalue weighted by Gasteiger charge is 2.11. The van der Waals surface area contributed by atoms with Crippen LogP contribution in [-0.4, -0.2) is 5.25 Å². The Labute approximate surface area is 84.2 Å². The molecule has 0 saturated carbocycles. The summed E-state index contributed by atoms with van der Waals surface area (Å²) < 4.78 is 0. The maximum atomic E-state index is 8.63. The zero-order chi connectivity index (χ0) is 10.3. The molecule has 0 fully saturated rings. The third-order valence-electron chi connectivity index (χ3n) is 1.66. The molecule has 0 aliphatic rings. The maximum absolute atomic E-state index is 8.63. The SMILES string of the molecule is C/C=C(\SC(C)C#N)C(C)CC#N. The number of thioether (sulfide) groups is 1. The quantitative estimate of drug-likeness (QED) is 0.691. The van der Waals surface area contributed by atoms with Crippen LogP contribution in [0.1, 0.15) is 27.2 Å². The second-order valence-electron chi connectivity index (χ2n) is 2.84. The largest absolute Gasteiger partial charge is 0.198 e. The van der Waals surface area contributed by atoms with Gasteiger partial charge in [-0.2, -0.15) is 10.5 Å². The van der Waals surface area contributed by atoms with Crippen LogP contribution in [0.4, 0.5) is 0 Å². The summed E-state index contributed by atoms with van der Waals surface area (Å²) in [5, 5.41) is 17.1. The highest BCUT2D eigenvalue weighted by atomic mass is 32.2. The molecule has 0 amide bonds. The Balaban J connectivity index is 4.23. The number of allylic oxidation sites excluding steroid dienone is 2. The molecule has 2 unspecified atom stereocenters. The van der Waals surface area contributed by atoms with Crippen molar-refractivity contribution in [3.8, 4) is 12.1 Å². The molecule has 0 aliphatic carbocycles. The zero-order valence-electron chi connectivity index (χ0n) is 8.24. The van der Waals surface area contributed by atoms with Crippen LogP contribution in [0.3, 0.4) is 0 Å². The van der Waals surface area contributed by atoms with Gasteiger partial charge >= 0.3 is 0 Å². The van der Waals surface area contributed by atoms with Gasteiger partial charge in [0.25, 0.3) is 0 Å². The van der Waals surface area contributed by atoms with E-state index in [0.717, 1.165) is 4.91 Å². The van der Waals surface area contributed by atoms with E-state index in [1.165, 1.54) is 0 Å². The molecule has 0 radical (unpaired) electrons. The molecule has 0 aromatic heterocycles. The van der Waals surface area contributed by atoms with Gasteiger partial charge in [0, 0.05) is 6.42 Å². The van der Waals surface area contributed by atoms with Crippen molar-refractivity contribution >= 4 is 11.8 Å². The van der Waals surface area contributed by atoms with E-state index in [1.807, 2.05) is 26.8 Å².